The van der Waals surface area contributed by atoms with Crippen LogP contribution in [0.15, 0.2) is 22.7 Å². The van der Waals surface area contributed by atoms with Crippen molar-refractivity contribution in [2.24, 2.45) is 0 Å². The van der Waals surface area contributed by atoms with Crippen LogP contribution in [0, 0.1) is 0 Å². The smallest absolute Gasteiger partial charge is 0.269 e. The lowest BCUT2D eigenvalue weighted by Crippen LogP contribution is -2.12. The highest BCUT2D eigenvalue weighted by molar-refractivity contribution is 9.10. The Morgan fingerprint density at radius 3 is 2.81 bits per heavy atom. The summed E-state index contributed by atoms with van der Waals surface area (Å²) < 4.78 is 0.839. The van der Waals surface area contributed by atoms with E-state index in [1.54, 1.807) is 18.2 Å². The number of benzene rings is 1. The number of hydrogen-bond donors (Lipinski definition) is 3. The number of aromatic nitrogens is 1. The minimum Gasteiger partial charge on any atom is -0.382 e. The second-order valence-electron chi connectivity index (χ2n) is 4.61. The van der Waals surface area contributed by atoms with Gasteiger partial charge in [-0.1, -0.05) is 38.9 Å². The van der Waals surface area contributed by atoms with Gasteiger partial charge in [0.25, 0.3) is 5.91 Å². The van der Waals surface area contributed by atoms with Crippen molar-refractivity contribution in [3.63, 3.8) is 0 Å². The highest BCUT2D eigenvalue weighted by Gasteiger charge is 2.17. The third-order valence-electron chi connectivity index (χ3n) is 2.45. The lowest BCUT2D eigenvalue weighted by Gasteiger charge is -2.06. The molecule has 1 amide bonds. The van der Waals surface area contributed by atoms with Gasteiger partial charge in [-0.15, -0.1) is 0 Å². The van der Waals surface area contributed by atoms with Crippen LogP contribution in [0.5, 0.6) is 0 Å². The summed E-state index contributed by atoms with van der Waals surface area (Å²) >= 11 is 10.6. The first kappa shape index (κ1) is 16.1. The summed E-state index contributed by atoms with van der Waals surface area (Å²) in [4.78, 5) is 16.7. The average Bonchev–Trinajstić information content (AvgIpc) is 2.72. The first-order valence-corrected chi connectivity index (χ1v) is 8.15. The molecule has 0 spiro atoms. The zero-order chi connectivity index (χ0) is 15.6. The monoisotopic (exact) mass is 388 g/mol. The number of halogens is 2. The van der Waals surface area contributed by atoms with Crippen LogP contribution in [0.2, 0.25) is 5.02 Å². The topological polar surface area (TPSA) is 80.0 Å². The summed E-state index contributed by atoms with van der Waals surface area (Å²) in [5, 5.41) is 6.92. The van der Waals surface area contributed by atoms with Crippen molar-refractivity contribution in [2.75, 3.05) is 16.4 Å². The molecule has 0 aliphatic rings. The van der Waals surface area contributed by atoms with E-state index >= 15 is 0 Å². The quantitative estimate of drug-likeness (QED) is 0.731. The van der Waals surface area contributed by atoms with Crippen molar-refractivity contribution in [1.29, 1.82) is 0 Å². The summed E-state index contributed by atoms with van der Waals surface area (Å²) in [6, 6.07) is 5.43. The molecule has 21 heavy (non-hydrogen) atoms. The summed E-state index contributed by atoms with van der Waals surface area (Å²) in [7, 11) is 0. The minimum absolute atomic E-state index is 0.203. The van der Waals surface area contributed by atoms with Gasteiger partial charge in [0, 0.05) is 10.5 Å². The zero-order valence-corrected chi connectivity index (χ0v) is 14.6. The second-order valence-corrected chi connectivity index (χ2v) is 6.93. The number of hydrogen-bond acceptors (Lipinski definition) is 5. The Kier molecular flexibility index (Phi) is 5.08. The number of nitrogens with zero attached hydrogens (tertiary/aromatic N) is 1. The van der Waals surface area contributed by atoms with Crippen molar-refractivity contribution in [2.45, 2.75) is 19.9 Å². The van der Waals surface area contributed by atoms with E-state index < -0.39 is 0 Å². The largest absolute Gasteiger partial charge is 0.382 e. The number of carbonyl (C=O) groups excluding carboxylic acids is 1. The van der Waals surface area contributed by atoms with E-state index in [1.165, 1.54) is 11.3 Å². The van der Waals surface area contributed by atoms with Gasteiger partial charge >= 0.3 is 0 Å². The minimum atomic E-state index is -0.328. The van der Waals surface area contributed by atoms with E-state index in [0.29, 0.717) is 20.7 Å². The van der Waals surface area contributed by atoms with Crippen LogP contribution in [-0.2, 0) is 0 Å². The molecule has 112 valence electrons. The van der Waals surface area contributed by atoms with Gasteiger partial charge in [-0.2, -0.15) is 0 Å². The Morgan fingerprint density at radius 1 is 1.48 bits per heavy atom. The first-order chi connectivity index (χ1) is 9.86. The zero-order valence-electron chi connectivity index (χ0n) is 11.4. The maximum atomic E-state index is 12.3. The molecular formula is C13H14BrClN4OS. The Bertz CT molecular complexity index is 674. The molecule has 0 bridgehead atoms. The number of nitrogens with one attached hydrogen (secondary N) is 2. The fourth-order valence-corrected chi connectivity index (χ4v) is 3.22. The number of thiazole rings is 1. The van der Waals surface area contributed by atoms with Gasteiger partial charge in [-0.25, -0.2) is 4.98 Å². The molecule has 0 saturated heterocycles. The van der Waals surface area contributed by atoms with E-state index in [4.69, 9.17) is 17.3 Å². The average molecular weight is 390 g/mol. The Labute approximate surface area is 140 Å². The summed E-state index contributed by atoms with van der Waals surface area (Å²) in [6.07, 6.45) is 0. The molecule has 0 radical (unpaired) electrons. The van der Waals surface area contributed by atoms with Gasteiger partial charge < -0.3 is 16.4 Å². The van der Waals surface area contributed by atoms with Crippen molar-refractivity contribution in [3.8, 4) is 0 Å². The van der Waals surface area contributed by atoms with E-state index in [0.717, 1.165) is 4.47 Å². The number of carbonyl (C=O) groups is 1. The molecule has 0 aliphatic carbocycles. The molecule has 5 nitrogen and oxygen atoms in total. The van der Waals surface area contributed by atoms with Crippen LogP contribution in [-0.4, -0.2) is 16.9 Å². The third kappa shape index (κ3) is 4.09. The predicted octanol–water partition coefficient (Wildman–Crippen LogP) is 4.21. The maximum absolute atomic E-state index is 12.3. The Hall–Kier alpha value is -1.31. The molecule has 0 unspecified atom stereocenters. The number of nitrogens with two attached hydrogens (primary N) is 1. The van der Waals surface area contributed by atoms with Gasteiger partial charge in [0.2, 0.25) is 0 Å². The SMILES string of the molecule is CC(C)Nc1nc(N)c(C(=O)Nc2ccc(Br)cc2Cl)s1. The molecule has 4 N–H and O–H groups in total. The molecular weight excluding hydrogens is 376 g/mol. The van der Waals surface area contributed by atoms with Gasteiger partial charge in [-0.3, -0.25) is 4.79 Å². The number of anilines is 3. The van der Waals surface area contributed by atoms with Crippen molar-refractivity contribution >= 4 is 61.4 Å². The fourth-order valence-electron chi connectivity index (χ4n) is 1.57. The van der Waals surface area contributed by atoms with Gasteiger partial charge in [0.1, 0.15) is 10.7 Å². The highest BCUT2D eigenvalue weighted by Crippen LogP contribution is 2.29. The van der Waals surface area contributed by atoms with Gasteiger partial charge in [0.15, 0.2) is 5.13 Å². The van der Waals surface area contributed by atoms with Crippen molar-refractivity contribution < 1.29 is 4.79 Å². The van der Waals surface area contributed by atoms with Crippen molar-refractivity contribution in [3.05, 3.63) is 32.6 Å². The molecule has 0 atom stereocenters. The molecule has 2 rings (SSSR count). The first-order valence-electron chi connectivity index (χ1n) is 6.16. The molecule has 8 heteroatoms. The van der Waals surface area contributed by atoms with Crippen LogP contribution in [0.1, 0.15) is 23.5 Å². The standard InChI is InChI=1S/C13H14BrClN4OS/c1-6(2)17-13-19-11(16)10(21-13)12(20)18-9-4-3-7(14)5-8(9)15/h3-6H,16H2,1-2H3,(H,17,19)(H,18,20). The highest BCUT2D eigenvalue weighted by atomic mass is 79.9. The Balaban J connectivity index is 2.18. The van der Waals surface area contributed by atoms with Gasteiger partial charge in [0.05, 0.1) is 10.7 Å². The molecule has 1 aromatic heterocycles. The van der Waals surface area contributed by atoms with Crippen LogP contribution in [0.4, 0.5) is 16.6 Å². The van der Waals surface area contributed by atoms with Crippen LogP contribution < -0.4 is 16.4 Å². The molecule has 1 heterocycles. The number of rotatable bonds is 4. The van der Waals surface area contributed by atoms with Crippen molar-refractivity contribution in [1.82, 2.24) is 4.98 Å². The Morgan fingerprint density at radius 2 is 2.19 bits per heavy atom. The van der Waals surface area contributed by atoms with E-state index in [-0.39, 0.29) is 17.8 Å². The number of nitrogen functional groups attached to an aromatic ring is 1. The van der Waals surface area contributed by atoms with Gasteiger partial charge in [-0.05, 0) is 32.0 Å². The number of amides is 1. The van der Waals surface area contributed by atoms with Crippen LogP contribution >= 0.6 is 38.9 Å². The molecule has 0 fully saturated rings. The van der Waals surface area contributed by atoms with E-state index in [9.17, 15) is 4.79 Å². The van der Waals surface area contributed by atoms with Crippen LogP contribution in [0.3, 0.4) is 0 Å². The molecule has 1 aromatic carbocycles. The summed E-state index contributed by atoms with van der Waals surface area (Å²) in [6.45, 7) is 3.97. The second kappa shape index (κ2) is 6.64. The lowest BCUT2D eigenvalue weighted by atomic mass is 10.3. The normalized spacial score (nSPS) is 10.7. The third-order valence-corrected chi connectivity index (χ3v) is 4.26. The molecule has 0 aliphatic heterocycles. The summed E-state index contributed by atoms with van der Waals surface area (Å²) in [5.74, 6) is -0.125. The summed E-state index contributed by atoms with van der Waals surface area (Å²) in [5.41, 5.74) is 6.32. The molecule has 0 saturated carbocycles. The lowest BCUT2D eigenvalue weighted by molar-refractivity contribution is 0.103. The molecule has 2 aromatic rings. The predicted molar refractivity (Wildman–Crippen MR) is 92.4 cm³/mol. The maximum Gasteiger partial charge on any atom is 0.269 e. The fraction of sp³-hybridized carbons (Fsp3) is 0.231. The van der Waals surface area contributed by atoms with E-state index in [2.05, 4.69) is 31.5 Å². The van der Waals surface area contributed by atoms with Crippen LogP contribution in [0.25, 0.3) is 0 Å². The van der Waals surface area contributed by atoms with E-state index in [1.807, 2.05) is 13.8 Å².